The van der Waals surface area contributed by atoms with E-state index in [0.29, 0.717) is 41.2 Å². The van der Waals surface area contributed by atoms with Crippen LogP contribution in [0.3, 0.4) is 0 Å². The molecule has 2 N–H and O–H groups in total. The first kappa shape index (κ1) is 33.8. The number of piperidine rings is 1. The Bertz CT molecular complexity index is 2080. The van der Waals surface area contributed by atoms with Crippen LogP contribution in [0.5, 0.6) is 0 Å². The highest BCUT2D eigenvalue weighted by molar-refractivity contribution is 7.87. The molecule has 0 saturated carbocycles. The van der Waals surface area contributed by atoms with E-state index >= 15 is 0 Å². The van der Waals surface area contributed by atoms with Crippen molar-refractivity contribution in [1.29, 1.82) is 5.26 Å². The molecule has 1 aromatic carbocycles. The van der Waals surface area contributed by atoms with Crippen molar-refractivity contribution in [2.45, 2.75) is 90.3 Å². The molecular weight excluding hydrogens is 688 g/mol. The Morgan fingerprint density at radius 2 is 1.84 bits per heavy atom. The van der Waals surface area contributed by atoms with Gasteiger partial charge in [-0.25, -0.2) is 14.7 Å². The van der Waals surface area contributed by atoms with Gasteiger partial charge in [0.25, 0.3) is 10.2 Å². The molecule has 0 amide bonds. The lowest BCUT2D eigenvalue weighted by Crippen LogP contribution is -2.62. The summed E-state index contributed by atoms with van der Waals surface area (Å²) in [6.45, 7) is 8.34. The van der Waals surface area contributed by atoms with Crippen molar-refractivity contribution in [3.8, 4) is 6.07 Å². The summed E-state index contributed by atoms with van der Waals surface area (Å²) >= 11 is 1.03. The topological polar surface area (TPSA) is 122 Å². The van der Waals surface area contributed by atoms with Gasteiger partial charge in [0.15, 0.2) is 0 Å². The van der Waals surface area contributed by atoms with Crippen LogP contribution < -0.4 is 10.0 Å². The highest BCUT2D eigenvalue weighted by Gasteiger charge is 2.38. The number of aryl methyl sites for hydroxylation is 1. The van der Waals surface area contributed by atoms with Gasteiger partial charge in [-0.2, -0.15) is 31.2 Å². The van der Waals surface area contributed by atoms with Crippen molar-refractivity contribution in [2.75, 3.05) is 38.5 Å². The molecule has 4 aromatic rings. The molecule has 5 heterocycles. The predicted molar refractivity (Wildman–Crippen MR) is 190 cm³/mol. The number of benzene rings is 1. The molecule has 2 aliphatic heterocycles. The number of nitriles is 1. The van der Waals surface area contributed by atoms with Crippen LogP contribution >= 0.6 is 11.3 Å². The SMILES string of the molecule is [2H]C([2H])(C(C)N1C[C@@H](C)N(S(=O)(=O)NC)[C@H](C)C1)n1c(C#N)cc2c(C)c(CN3CCC(Nc4ncnc5sc(CC(F)(F)F)cc45)CC3)ccc21. The third kappa shape index (κ3) is 7.63. The normalized spacial score (nSPS) is 22.1. The van der Waals surface area contributed by atoms with Crippen LogP contribution in [-0.4, -0.2) is 101 Å². The summed E-state index contributed by atoms with van der Waals surface area (Å²) in [6, 6.07) is 8.04. The molecule has 16 heteroatoms. The van der Waals surface area contributed by atoms with Gasteiger partial charge < -0.3 is 9.88 Å². The number of rotatable bonds is 10. The summed E-state index contributed by atoms with van der Waals surface area (Å²) in [6.07, 6.45) is -2.28. The molecule has 2 saturated heterocycles. The Morgan fingerprint density at radius 1 is 1.14 bits per heavy atom. The highest BCUT2D eigenvalue weighted by atomic mass is 32.2. The monoisotopic (exact) mass is 733 g/mol. The van der Waals surface area contributed by atoms with E-state index < -0.39 is 35.3 Å². The number of alkyl halides is 3. The Morgan fingerprint density at radius 3 is 2.48 bits per heavy atom. The minimum atomic E-state index is -4.29. The maximum absolute atomic E-state index is 13.0. The van der Waals surface area contributed by atoms with Crippen molar-refractivity contribution < 1.29 is 24.3 Å². The number of piperazine rings is 1. The van der Waals surface area contributed by atoms with Gasteiger partial charge in [-0.1, -0.05) is 6.07 Å². The van der Waals surface area contributed by atoms with Gasteiger partial charge in [0.05, 0.1) is 14.5 Å². The van der Waals surface area contributed by atoms with Gasteiger partial charge >= 0.3 is 6.18 Å². The summed E-state index contributed by atoms with van der Waals surface area (Å²) in [4.78, 5) is 13.6. The van der Waals surface area contributed by atoms with E-state index in [1.165, 1.54) is 28.3 Å². The van der Waals surface area contributed by atoms with Crippen molar-refractivity contribution in [3.05, 3.63) is 52.3 Å². The van der Waals surface area contributed by atoms with Crippen LogP contribution in [0.15, 0.2) is 30.6 Å². The number of thiophene rings is 1. The minimum Gasteiger partial charge on any atom is -0.367 e. The van der Waals surface area contributed by atoms with Crippen molar-refractivity contribution in [3.63, 3.8) is 0 Å². The molecule has 3 atom stereocenters. The zero-order valence-electron chi connectivity index (χ0n) is 30.8. The Balaban J connectivity index is 1.14. The van der Waals surface area contributed by atoms with E-state index in [2.05, 4.69) is 31.0 Å². The lowest BCUT2D eigenvalue weighted by atomic mass is 10.0. The van der Waals surface area contributed by atoms with Gasteiger partial charge in [0, 0.05) is 86.2 Å². The van der Waals surface area contributed by atoms with Crippen LogP contribution in [0.2, 0.25) is 0 Å². The first-order valence-electron chi connectivity index (χ1n) is 17.7. The molecule has 2 aliphatic rings. The summed E-state index contributed by atoms with van der Waals surface area (Å²) in [5.74, 6) is 0.550. The number of fused-ring (bicyclic) bond motifs is 2. The lowest BCUT2D eigenvalue weighted by molar-refractivity contribution is -0.126. The van der Waals surface area contributed by atoms with Gasteiger partial charge in [0.2, 0.25) is 0 Å². The van der Waals surface area contributed by atoms with E-state index in [0.717, 1.165) is 53.8 Å². The van der Waals surface area contributed by atoms with Gasteiger partial charge in [-0.3, -0.25) is 9.80 Å². The fourth-order valence-electron chi connectivity index (χ4n) is 7.35. The fraction of sp³-hybridized carbons (Fsp3) is 0.559. The molecule has 3 aromatic heterocycles. The fourth-order valence-corrected chi connectivity index (χ4v) is 9.67. The molecule has 50 heavy (non-hydrogen) atoms. The van der Waals surface area contributed by atoms with Crippen LogP contribution in [-0.2, 0) is 29.7 Å². The summed E-state index contributed by atoms with van der Waals surface area (Å²) in [5, 5.41) is 15.0. The number of nitrogens with zero attached hydrogens (tertiary/aromatic N) is 7. The maximum atomic E-state index is 13.0. The summed E-state index contributed by atoms with van der Waals surface area (Å²) in [7, 11) is -2.28. The molecule has 1 unspecified atom stereocenters. The molecule has 2 fully saturated rings. The third-order valence-electron chi connectivity index (χ3n) is 9.82. The van der Waals surface area contributed by atoms with E-state index in [9.17, 15) is 29.6 Å². The number of likely N-dealkylation sites (tertiary alicyclic amines) is 1. The molecule has 0 bridgehead atoms. The quantitative estimate of drug-likeness (QED) is 0.227. The first-order chi connectivity index (χ1) is 24.4. The Labute approximate surface area is 298 Å². The van der Waals surface area contributed by atoms with Crippen LogP contribution in [0.4, 0.5) is 19.0 Å². The van der Waals surface area contributed by atoms with Crippen molar-refractivity contribution in [1.82, 2.24) is 33.4 Å². The van der Waals surface area contributed by atoms with Gasteiger partial charge in [-0.05, 0) is 69.9 Å². The molecule has 0 radical (unpaired) electrons. The Kier molecular flexibility index (Phi) is 9.70. The number of anilines is 1. The second-order valence-corrected chi connectivity index (χ2v) is 16.3. The average Bonchev–Trinajstić information content (AvgIpc) is 3.67. The predicted octanol–water partition coefficient (Wildman–Crippen LogP) is 5.25. The van der Waals surface area contributed by atoms with Crippen molar-refractivity contribution >= 4 is 48.5 Å². The highest BCUT2D eigenvalue weighted by Crippen LogP contribution is 2.34. The largest absolute Gasteiger partial charge is 0.393 e. The van der Waals surface area contributed by atoms with E-state index in [1.807, 2.05) is 37.8 Å². The van der Waals surface area contributed by atoms with E-state index in [1.54, 1.807) is 13.0 Å². The zero-order chi connectivity index (χ0) is 37.7. The standard InChI is InChI=1S/C34H44F3N9O2S2/c1-21(44-16-22(2)46(23(3)17-44)50(47,48)39-5)18-45-27(15-38)12-29-24(4)25(6-7-31(29)45)19-43-10-8-26(9-11-43)42-32-30-13-28(14-34(35,36)37)49-33(30)41-20-40-32/h6-7,12-13,20-23,26,39H,8-11,14,16-19H2,1-5H3,(H,40,41,42)/t21?,22-,23-/m1/s1/i18D2. The summed E-state index contributed by atoms with van der Waals surface area (Å²) in [5.41, 5.74) is 2.89. The third-order valence-corrected chi connectivity index (χ3v) is 12.7. The summed E-state index contributed by atoms with van der Waals surface area (Å²) < 4.78 is 88.2. The zero-order valence-corrected chi connectivity index (χ0v) is 30.4. The first-order valence-corrected chi connectivity index (χ1v) is 19.0. The second kappa shape index (κ2) is 14.4. The molecule has 270 valence electrons. The minimum absolute atomic E-state index is 0.0991. The average molecular weight is 734 g/mol. The number of hydrogen-bond donors (Lipinski definition) is 2. The number of aromatic nitrogens is 3. The van der Waals surface area contributed by atoms with Crippen LogP contribution in [0.25, 0.3) is 21.1 Å². The number of halogens is 3. The molecule has 11 nitrogen and oxygen atoms in total. The van der Waals surface area contributed by atoms with Gasteiger partial charge in [-0.15, -0.1) is 11.3 Å². The molecule has 0 aliphatic carbocycles. The van der Waals surface area contributed by atoms with Gasteiger partial charge in [0.1, 0.15) is 28.7 Å². The second-order valence-electron chi connectivity index (χ2n) is 13.4. The number of nitrogens with one attached hydrogen (secondary N) is 2. The lowest BCUT2D eigenvalue weighted by Gasteiger charge is -2.45. The Hall–Kier alpha value is -3.33. The van der Waals surface area contributed by atoms with Crippen molar-refractivity contribution in [2.24, 2.45) is 0 Å². The van der Waals surface area contributed by atoms with E-state index in [4.69, 9.17) is 0 Å². The molecule has 6 rings (SSSR count). The molecular formula is C34H44F3N9O2S2. The number of hydrogen-bond acceptors (Lipinski definition) is 9. The van der Waals surface area contributed by atoms with Crippen LogP contribution in [0.1, 0.15) is 58.1 Å². The van der Waals surface area contributed by atoms with E-state index in [-0.39, 0.29) is 28.7 Å². The van der Waals surface area contributed by atoms with Crippen LogP contribution in [0, 0.1) is 18.3 Å². The molecule has 0 spiro atoms. The maximum Gasteiger partial charge on any atom is 0.393 e. The smallest absolute Gasteiger partial charge is 0.367 e.